The van der Waals surface area contributed by atoms with Crippen molar-refractivity contribution in [2.75, 3.05) is 93.2 Å². The van der Waals surface area contributed by atoms with Crippen molar-refractivity contribution in [3.63, 3.8) is 0 Å². The molecule has 4 fully saturated rings. The van der Waals surface area contributed by atoms with Crippen LogP contribution in [0.5, 0.6) is 5.75 Å². The number of fused-ring (bicyclic) bond motifs is 2. The molecule has 0 bridgehead atoms. The molecular formula is C49H56BrN12O6P. The van der Waals surface area contributed by atoms with E-state index in [1.54, 1.807) is 44.4 Å². The molecule has 4 aliphatic heterocycles. The number of aryl methyl sites for hydroxylation is 2. The molecule has 0 aliphatic carbocycles. The van der Waals surface area contributed by atoms with Crippen molar-refractivity contribution in [2.45, 2.75) is 44.7 Å². The van der Waals surface area contributed by atoms with Gasteiger partial charge in [-0.3, -0.25) is 38.7 Å². The van der Waals surface area contributed by atoms with Crippen LogP contribution in [0.3, 0.4) is 0 Å². The SMILES string of the molecule is COc1cc(N2CCC(N3CCN(C(=O)C4CN(c5cccc6c5n(C)c(=O)n6C5CCC(=O)NC5=O)C4)CC3)CC2)c(C)cc1Nc1ncc(Br)c(Nc2cnc3ccccc3c2P(C)(C)=O)n1. The summed E-state index contributed by atoms with van der Waals surface area (Å²) in [4.78, 5) is 74.9. The highest BCUT2D eigenvalue weighted by Gasteiger charge is 2.39. The molecular weight excluding hydrogens is 963 g/mol. The van der Waals surface area contributed by atoms with Crippen LogP contribution >= 0.6 is 23.1 Å². The number of halogens is 1. The van der Waals surface area contributed by atoms with Gasteiger partial charge in [0.15, 0.2) is 0 Å². The number of carbonyl (C=O) groups is 3. The Bertz CT molecular complexity index is 3130. The Morgan fingerprint density at radius 1 is 0.870 bits per heavy atom. The highest BCUT2D eigenvalue weighted by molar-refractivity contribution is 9.10. The van der Waals surface area contributed by atoms with Gasteiger partial charge in [-0.25, -0.2) is 9.78 Å². The second kappa shape index (κ2) is 18.6. The summed E-state index contributed by atoms with van der Waals surface area (Å²) in [6.07, 6.45) is 5.84. The van der Waals surface area contributed by atoms with Gasteiger partial charge in [-0.15, -0.1) is 0 Å². The minimum atomic E-state index is -2.73. The molecule has 1 unspecified atom stereocenters. The number of imide groups is 1. The molecule has 0 saturated carbocycles. The molecule has 1 atom stereocenters. The van der Waals surface area contributed by atoms with Crippen molar-refractivity contribution in [3.05, 3.63) is 87.5 Å². The Labute approximate surface area is 407 Å². The number of para-hydroxylation sites is 2. The van der Waals surface area contributed by atoms with Crippen molar-refractivity contribution in [1.29, 1.82) is 0 Å². The van der Waals surface area contributed by atoms with Gasteiger partial charge in [0.05, 0.1) is 57.3 Å². The number of hydrogen-bond donors (Lipinski definition) is 3. The second-order valence-corrected chi connectivity index (χ2v) is 22.9. The Morgan fingerprint density at radius 3 is 2.35 bits per heavy atom. The van der Waals surface area contributed by atoms with E-state index in [9.17, 15) is 23.7 Å². The summed E-state index contributed by atoms with van der Waals surface area (Å²) in [5, 5.41) is 10.7. The third-order valence-corrected chi connectivity index (χ3v) is 16.3. The van der Waals surface area contributed by atoms with Crippen LogP contribution in [0.15, 0.2) is 76.3 Å². The molecule has 3 aromatic heterocycles. The smallest absolute Gasteiger partial charge is 0.329 e. The average molecular weight is 1020 g/mol. The quantitative estimate of drug-likeness (QED) is 0.106. The number of imidazole rings is 1. The number of anilines is 6. The maximum atomic E-state index is 13.8. The zero-order valence-electron chi connectivity index (χ0n) is 39.4. The van der Waals surface area contributed by atoms with E-state index in [0.29, 0.717) is 70.7 Å². The molecule has 4 aliphatic rings. The molecule has 360 valence electrons. The lowest BCUT2D eigenvalue weighted by Gasteiger charge is -2.46. The van der Waals surface area contributed by atoms with E-state index in [1.165, 1.54) is 4.57 Å². The van der Waals surface area contributed by atoms with Gasteiger partial charge in [-0.2, -0.15) is 4.98 Å². The van der Waals surface area contributed by atoms with Gasteiger partial charge < -0.3 is 34.6 Å². The monoisotopic (exact) mass is 1020 g/mol. The lowest BCUT2D eigenvalue weighted by molar-refractivity contribution is -0.138. The molecule has 3 N–H and O–H groups in total. The van der Waals surface area contributed by atoms with Crippen molar-refractivity contribution in [2.24, 2.45) is 13.0 Å². The van der Waals surface area contributed by atoms with E-state index in [2.05, 4.69) is 75.6 Å². The largest absolute Gasteiger partial charge is 0.494 e. The molecule has 18 nitrogen and oxygen atoms in total. The second-order valence-electron chi connectivity index (χ2n) is 18.9. The van der Waals surface area contributed by atoms with Gasteiger partial charge in [-0.1, -0.05) is 24.3 Å². The number of hydrogen-bond acceptors (Lipinski definition) is 14. The van der Waals surface area contributed by atoms with Crippen LogP contribution in [0, 0.1) is 12.8 Å². The van der Waals surface area contributed by atoms with Gasteiger partial charge in [0.1, 0.15) is 24.8 Å². The van der Waals surface area contributed by atoms with Crippen LogP contribution in [0.1, 0.15) is 37.3 Å². The average Bonchev–Trinajstić information content (AvgIpc) is 3.57. The van der Waals surface area contributed by atoms with Gasteiger partial charge in [0, 0.05) is 101 Å². The number of rotatable bonds is 11. The van der Waals surface area contributed by atoms with Crippen molar-refractivity contribution >= 4 is 103 Å². The molecule has 3 amide bonds. The molecule has 7 heterocycles. The van der Waals surface area contributed by atoms with E-state index in [-0.39, 0.29) is 36.3 Å². The Kier molecular flexibility index (Phi) is 12.5. The fraction of sp³-hybridized carbons (Fsp3) is 0.408. The highest BCUT2D eigenvalue weighted by atomic mass is 79.9. The predicted molar refractivity (Wildman–Crippen MR) is 273 cm³/mol. The highest BCUT2D eigenvalue weighted by Crippen LogP contribution is 2.42. The lowest BCUT2D eigenvalue weighted by atomic mass is 9.96. The Morgan fingerprint density at radius 2 is 1.62 bits per heavy atom. The standard InChI is InChI=1S/C49H56BrN12O6P/c1-29-23-35(54-48-52-25-33(50)45(56-48)53-36-26-51-34-10-7-6-9-32(34)44(36)69(4,5)67)41(68-3)24-40(29)59-17-15-31(16-18-59)58-19-21-60(22-20-58)47(65)30-27-61(28-30)37-11-8-12-38-43(37)57(2)49(66)62(38)39-13-14-42(63)55-46(39)64/h6-12,23-26,30-31,39H,13-22,27-28H2,1-5H3,(H,55,63,64)(H2,52,53,54,56). The normalized spacial score (nSPS) is 18.7. The third kappa shape index (κ3) is 8.84. The fourth-order valence-electron chi connectivity index (χ4n) is 10.6. The van der Waals surface area contributed by atoms with Gasteiger partial charge in [-0.05, 0) is 85.3 Å². The maximum Gasteiger partial charge on any atom is 0.329 e. The number of pyridine rings is 1. The number of aromatic nitrogens is 5. The summed E-state index contributed by atoms with van der Waals surface area (Å²) in [6, 6.07) is 17.2. The van der Waals surface area contributed by atoms with E-state index in [1.807, 2.05) is 47.4 Å². The fourth-order valence-corrected chi connectivity index (χ4v) is 12.4. The number of ether oxygens (including phenoxy) is 1. The van der Waals surface area contributed by atoms with Crippen LogP contribution in [0.25, 0.3) is 21.9 Å². The molecule has 4 saturated heterocycles. The van der Waals surface area contributed by atoms with E-state index in [0.717, 1.165) is 78.1 Å². The minimum Gasteiger partial charge on any atom is -0.494 e. The van der Waals surface area contributed by atoms with Gasteiger partial charge >= 0.3 is 5.69 Å². The van der Waals surface area contributed by atoms with Crippen LogP contribution in [-0.2, 0) is 26.0 Å². The van der Waals surface area contributed by atoms with Crippen molar-refractivity contribution in [1.82, 2.24) is 39.2 Å². The minimum absolute atomic E-state index is 0.130. The third-order valence-electron chi connectivity index (χ3n) is 14.2. The van der Waals surface area contributed by atoms with Crippen molar-refractivity contribution in [3.8, 4) is 5.75 Å². The van der Waals surface area contributed by atoms with E-state index in [4.69, 9.17) is 9.72 Å². The zero-order valence-corrected chi connectivity index (χ0v) is 41.8. The molecule has 20 heteroatoms. The summed E-state index contributed by atoms with van der Waals surface area (Å²) < 4.78 is 23.2. The topological polar surface area (TPSA) is 192 Å². The first-order valence-electron chi connectivity index (χ1n) is 23.4. The Hall–Kier alpha value is -6.30. The first-order chi connectivity index (χ1) is 33.2. The van der Waals surface area contributed by atoms with Gasteiger partial charge in [0.25, 0.3) is 0 Å². The molecule has 0 radical (unpaired) electrons. The molecule has 3 aromatic carbocycles. The number of nitrogens with one attached hydrogen (secondary N) is 3. The summed E-state index contributed by atoms with van der Waals surface area (Å²) in [5.74, 6) is 0.779. The number of piperazine rings is 1. The van der Waals surface area contributed by atoms with E-state index >= 15 is 0 Å². The first-order valence-corrected chi connectivity index (χ1v) is 26.8. The number of piperidine rings is 2. The van der Waals surface area contributed by atoms with Crippen LogP contribution in [-0.4, -0.2) is 130 Å². The zero-order chi connectivity index (χ0) is 48.3. The summed E-state index contributed by atoms with van der Waals surface area (Å²) in [6.45, 7) is 11.6. The lowest BCUT2D eigenvalue weighted by Crippen LogP contribution is -2.59. The van der Waals surface area contributed by atoms with Crippen LogP contribution < -0.4 is 41.5 Å². The Balaban J connectivity index is 0.735. The number of nitrogens with zero attached hydrogens (tertiary/aromatic N) is 9. The summed E-state index contributed by atoms with van der Waals surface area (Å²) in [5.41, 5.74) is 6.24. The molecule has 0 spiro atoms. The number of methoxy groups -OCH3 is 1. The maximum absolute atomic E-state index is 13.8. The predicted octanol–water partition coefficient (Wildman–Crippen LogP) is 5.72. The number of carbonyl (C=O) groups excluding carboxylic acids is 3. The van der Waals surface area contributed by atoms with Crippen LogP contribution in [0.4, 0.5) is 34.5 Å². The summed E-state index contributed by atoms with van der Waals surface area (Å²) >= 11 is 3.59. The number of amides is 3. The van der Waals surface area contributed by atoms with Gasteiger partial charge in [0.2, 0.25) is 23.7 Å². The summed E-state index contributed by atoms with van der Waals surface area (Å²) in [7, 11) is 0.635. The molecule has 10 rings (SSSR count). The number of benzene rings is 3. The van der Waals surface area contributed by atoms with Crippen molar-refractivity contribution < 1.29 is 23.7 Å². The van der Waals surface area contributed by atoms with E-state index < -0.39 is 19.1 Å². The molecule has 69 heavy (non-hydrogen) atoms. The molecule has 6 aromatic rings. The van der Waals surface area contributed by atoms with Crippen LogP contribution in [0.2, 0.25) is 0 Å². The first kappa shape index (κ1) is 46.4.